The molecule has 1 aromatic carbocycles. The summed E-state index contributed by atoms with van der Waals surface area (Å²) in [6, 6.07) is 4.90. The van der Waals surface area contributed by atoms with Crippen molar-refractivity contribution in [3.05, 3.63) is 33.8 Å². The minimum absolute atomic E-state index is 0.405. The Labute approximate surface area is 72.4 Å². The van der Waals surface area contributed by atoms with Crippen molar-refractivity contribution in [2.45, 2.75) is 6.67 Å². The minimum atomic E-state index is -0.596. The Hall–Kier alpha value is -0.700. The molecule has 1 nitrogen and oxygen atoms in total. The molecule has 0 aliphatic heterocycles. The zero-order valence-electron chi connectivity index (χ0n) is 5.68. The summed E-state index contributed by atoms with van der Waals surface area (Å²) in [5, 5.41) is 0. The van der Waals surface area contributed by atoms with Crippen LogP contribution < -0.4 is 0 Å². The number of rotatable bonds is 2. The van der Waals surface area contributed by atoms with Crippen LogP contribution >= 0.6 is 15.9 Å². The van der Waals surface area contributed by atoms with Crippen LogP contribution in [0.2, 0.25) is 0 Å². The van der Waals surface area contributed by atoms with Crippen LogP contribution in [-0.2, 0) is 6.67 Å². The topological polar surface area (TPSA) is 17.1 Å². The summed E-state index contributed by atoms with van der Waals surface area (Å²) >= 11 is 3.18. The highest BCUT2D eigenvalue weighted by Gasteiger charge is 2.00. The maximum absolute atomic E-state index is 12.1. The van der Waals surface area contributed by atoms with E-state index in [4.69, 9.17) is 0 Å². The number of carbonyl (C=O) groups is 1. The molecule has 0 aliphatic carbocycles. The largest absolute Gasteiger partial charge is 0.298 e. The Balaban J connectivity index is 3.16. The molecule has 0 unspecified atom stereocenters. The predicted octanol–water partition coefficient (Wildman–Crippen LogP) is 2.73. The van der Waals surface area contributed by atoms with Gasteiger partial charge in [-0.05, 0) is 17.7 Å². The van der Waals surface area contributed by atoms with E-state index >= 15 is 0 Å². The van der Waals surface area contributed by atoms with Gasteiger partial charge in [-0.25, -0.2) is 4.39 Å². The van der Waals surface area contributed by atoms with E-state index in [1.54, 1.807) is 18.2 Å². The highest BCUT2D eigenvalue weighted by atomic mass is 79.9. The molecular formula is C8H6BrFO. The molecule has 0 atom stereocenters. The zero-order valence-corrected chi connectivity index (χ0v) is 7.27. The lowest BCUT2D eigenvalue weighted by Crippen LogP contribution is -1.88. The molecule has 3 heteroatoms. The van der Waals surface area contributed by atoms with Gasteiger partial charge in [0, 0.05) is 10.0 Å². The molecule has 0 N–H and O–H groups in total. The van der Waals surface area contributed by atoms with Crippen LogP contribution in [0.4, 0.5) is 4.39 Å². The highest BCUT2D eigenvalue weighted by Crippen LogP contribution is 2.15. The average molecular weight is 217 g/mol. The van der Waals surface area contributed by atoms with Crippen LogP contribution in [0.1, 0.15) is 15.9 Å². The first kappa shape index (κ1) is 8.40. The number of carbonyl (C=O) groups excluding carboxylic acids is 1. The molecule has 0 bridgehead atoms. The first-order valence-corrected chi connectivity index (χ1v) is 3.87. The van der Waals surface area contributed by atoms with Crippen LogP contribution in [0.3, 0.4) is 0 Å². The SMILES string of the molecule is O=Cc1cc(Br)ccc1CF. The maximum atomic E-state index is 12.1. The molecule has 1 aromatic rings. The van der Waals surface area contributed by atoms with Gasteiger partial charge in [0.25, 0.3) is 0 Å². The van der Waals surface area contributed by atoms with Gasteiger partial charge in [0.1, 0.15) is 13.0 Å². The summed E-state index contributed by atoms with van der Waals surface area (Å²) in [5.41, 5.74) is 0.838. The Kier molecular flexibility index (Phi) is 2.76. The zero-order chi connectivity index (χ0) is 8.27. The van der Waals surface area contributed by atoms with E-state index in [-0.39, 0.29) is 0 Å². The summed E-state index contributed by atoms with van der Waals surface area (Å²) in [7, 11) is 0. The molecule has 58 valence electrons. The summed E-state index contributed by atoms with van der Waals surface area (Å²) in [4.78, 5) is 10.4. The molecular weight excluding hydrogens is 211 g/mol. The fourth-order valence-electron chi connectivity index (χ4n) is 0.797. The van der Waals surface area contributed by atoms with Crippen LogP contribution in [0, 0.1) is 0 Å². The van der Waals surface area contributed by atoms with Gasteiger partial charge in [0.2, 0.25) is 0 Å². The molecule has 0 spiro atoms. The number of hydrogen-bond donors (Lipinski definition) is 0. The van der Waals surface area contributed by atoms with Gasteiger partial charge in [-0.1, -0.05) is 22.0 Å². The van der Waals surface area contributed by atoms with Crippen LogP contribution in [0.25, 0.3) is 0 Å². The fourth-order valence-corrected chi connectivity index (χ4v) is 1.18. The van der Waals surface area contributed by atoms with Crippen molar-refractivity contribution < 1.29 is 9.18 Å². The number of benzene rings is 1. The molecule has 0 aliphatic rings. The van der Waals surface area contributed by atoms with Gasteiger partial charge in [-0.15, -0.1) is 0 Å². The number of hydrogen-bond acceptors (Lipinski definition) is 1. The van der Waals surface area contributed by atoms with E-state index in [2.05, 4.69) is 15.9 Å². The van der Waals surface area contributed by atoms with E-state index < -0.39 is 6.67 Å². The second-order valence-corrected chi connectivity index (χ2v) is 3.01. The lowest BCUT2D eigenvalue weighted by Gasteiger charge is -1.98. The first-order valence-electron chi connectivity index (χ1n) is 3.07. The molecule has 0 radical (unpaired) electrons. The standard InChI is InChI=1S/C8H6BrFO/c9-8-2-1-6(4-10)7(3-8)5-11/h1-3,5H,4H2. The third kappa shape index (κ3) is 1.87. The molecule has 0 fully saturated rings. The molecule has 1 rings (SSSR count). The van der Waals surface area contributed by atoms with Crippen molar-refractivity contribution in [3.63, 3.8) is 0 Å². The van der Waals surface area contributed by atoms with Crippen molar-refractivity contribution in [2.75, 3.05) is 0 Å². The Morgan fingerprint density at radius 2 is 2.27 bits per heavy atom. The van der Waals surface area contributed by atoms with E-state index in [1.807, 2.05) is 0 Å². The summed E-state index contributed by atoms with van der Waals surface area (Å²) in [5.74, 6) is 0. The average Bonchev–Trinajstić information content (AvgIpc) is 2.04. The predicted molar refractivity (Wildman–Crippen MR) is 44.3 cm³/mol. The first-order chi connectivity index (χ1) is 5.27. The number of halogens is 2. The van der Waals surface area contributed by atoms with E-state index in [0.29, 0.717) is 17.4 Å². The monoisotopic (exact) mass is 216 g/mol. The Bertz CT molecular complexity index is 273. The van der Waals surface area contributed by atoms with Gasteiger partial charge < -0.3 is 0 Å². The van der Waals surface area contributed by atoms with Crippen molar-refractivity contribution in [1.29, 1.82) is 0 Å². The van der Waals surface area contributed by atoms with Gasteiger partial charge in [0.05, 0.1) is 0 Å². The minimum Gasteiger partial charge on any atom is -0.298 e. The third-order valence-electron chi connectivity index (χ3n) is 1.38. The van der Waals surface area contributed by atoms with Gasteiger partial charge in [-0.3, -0.25) is 4.79 Å². The number of aldehydes is 1. The van der Waals surface area contributed by atoms with Crippen molar-refractivity contribution in [1.82, 2.24) is 0 Å². The molecule has 0 amide bonds. The molecule has 0 heterocycles. The lowest BCUT2D eigenvalue weighted by atomic mass is 10.1. The Morgan fingerprint density at radius 3 is 2.82 bits per heavy atom. The summed E-state index contributed by atoms with van der Waals surface area (Å²) < 4.78 is 12.9. The smallest absolute Gasteiger partial charge is 0.150 e. The van der Waals surface area contributed by atoms with E-state index in [0.717, 1.165) is 4.47 Å². The maximum Gasteiger partial charge on any atom is 0.150 e. The molecule has 0 saturated heterocycles. The second-order valence-electron chi connectivity index (χ2n) is 2.09. The second kappa shape index (κ2) is 3.62. The van der Waals surface area contributed by atoms with Crippen LogP contribution in [0.5, 0.6) is 0 Å². The third-order valence-corrected chi connectivity index (χ3v) is 1.87. The summed E-state index contributed by atoms with van der Waals surface area (Å²) in [6.45, 7) is -0.596. The normalized spacial score (nSPS) is 9.64. The highest BCUT2D eigenvalue weighted by molar-refractivity contribution is 9.10. The molecule has 0 saturated carbocycles. The molecule has 11 heavy (non-hydrogen) atoms. The summed E-state index contributed by atoms with van der Waals surface area (Å²) in [6.07, 6.45) is 0.652. The van der Waals surface area contributed by atoms with Crippen molar-refractivity contribution in [3.8, 4) is 0 Å². The van der Waals surface area contributed by atoms with Crippen molar-refractivity contribution >= 4 is 22.2 Å². The quantitative estimate of drug-likeness (QED) is 0.696. The van der Waals surface area contributed by atoms with Gasteiger partial charge >= 0.3 is 0 Å². The fraction of sp³-hybridized carbons (Fsp3) is 0.125. The number of alkyl halides is 1. The van der Waals surface area contributed by atoms with Gasteiger partial charge in [0.15, 0.2) is 0 Å². The van der Waals surface area contributed by atoms with Crippen LogP contribution in [-0.4, -0.2) is 6.29 Å². The van der Waals surface area contributed by atoms with E-state index in [9.17, 15) is 9.18 Å². The van der Waals surface area contributed by atoms with Gasteiger partial charge in [-0.2, -0.15) is 0 Å². The van der Waals surface area contributed by atoms with Crippen LogP contribution in [0.15, 0.2) is 22.7 Å². The van der Waals surface area contributed by atoms with E-state index in [1.165, 1.54) is 0 Å². The van der Waals surface area contributed by atoms with Crippen molar-refractivity contribution in [2.24, 2.45) is 0 Å². The molecule has 0 aromatic heterocycles. The Morgan fingerprint density at radius 1 is 1.55 bits per heavy atom. The lowest BCUT2D eigenvalue weighted by molar-refractivity contribution is 0.112.